The van der Waals surface area contributed by atoms with Crippen LogP contribution in [0.4, 0.5) is 0 Å². The van der Waals surface area contributed by atoms with E-state index in [2.05, 4.69) is 10.2 Å². The lowest BCUT2D eigenvalue weighted by Crippen LogP contribution is -2.54. The van der Waals surface area contributed by atoms with Crippen LogP contribution < -0.4 is 5.32 Å². The molecule has 2 aliphatic heterocycles. The summed E-state index contributed by atoms with van der Waals surface area (Å²) in [4.78, 5) is 28.2. The monoisotopic (exact) mass is 317 g/mol. The summed E-state index contributed by atoms with van der Waals surface area (Å²) in [7, 11) is 0. The highest BCUT2D eigenvalue weighted by Gasteiger charge is 2.30. The largest absolute Gasteiger partial charge is 0.379 e. The summed E-state index contributed by atoms with van der Waals surface area (Å²) < 4.78 is 5.31. The molecule has 2 unspecified atom stereocenters. The van der Waals surface area contributed by atoms with Gasteiger partial charge in [-0.15, -0.1) is 11.6 Å². The van der Waals surface area contributed by atoms with E-state index in [1.807, 2.05) is 4.90 Å². The molecule has 2 atom stereocenters. The zero-order valence-corrected chi connectivity index (χ0v) is 13.3. The lowest BCUT2D eigenvalue weighted by Gasteiger charge is -2.35. The first-order valence-corrected chi connectivity index (χ1v) is 8.05. The number of ether oxygens (including phenoxy) is 1. The lowest BCUT2D eigenvalue weighted by molar-refractivity contribution is -0.139. The number of morpholine rings is 1. The number of carbonyl (C=O) groups excluding carboxylic acids is 2. The van der Waals surface area contributed by atoms with Gasteiger partial charge in [0.05, 0.1) is 13.2 Å². The standard InChI is InChI=1S/C14H24ClN3O3/c1-11(15)13(19)16-12-3-2-4-18(14(12)20)6-5-17-7-9-21-10-8-17/h11-12H,2-10H2,1H3,(H,16,19). The Balaban J connectivity index is 1.80. The SMILES string of the molecule is CC(Cl)C(=O)NC1CCCN(CCN2CCOCC2)C1=O. The molecule has 120 valence electrons. The molecule has 2 aliphatic rings. The Kier molecular flexibility index (Phi) is 6.26. The van der Waals surface area contributed by atoms with Crippen molar-refractivity contribution in [2.45, 2.75) is 31.2 Å². The first-order chi connectivity index (χ1) is 10.1. The topological polar surface area (TPSA) is 61.9 Å². The normalized spacial score (nSPS) is 25.7. The van der Waals surface area contributed by atoms with E-state index in [4.69, 9.17) is 16.3 Å². The minimum Gasteiger partial charge on any atom is -0.379 e. The van der Waals surface area contributed by atoms with Gasteiger partial charge in [-0.2, -0.15) is 0 Å². The van der Waals surface area contributed by atoms with Crippen LogP contribution in [0.15, 0.2) is 0 Å². The predicted molar refractivity (Wildman–Crippen MR) is 80.3 cm³/mol. The van der Waals surface area contributed by atoms with Gasteiger partial charge in [0.1, 0.15) is 11.4 Å². The van der Waals surface area contributed by atoms with Crippen molar-refractivity contribution in [3.63, 3.8) is 0 Å². The zero-order valence-electron chi connectivity index (χ0n) is 12.5. The van der Waals surface area contributed by atoms with Crippen molar-refractivity contribution in [3.05, 3.63) is 0 Å². The number of nitrogens with one attached hydrogen (secondary N) is 1. The fraction of sp³-hybridized carbons (Fsp3) is 0.857. The molecule has 6 nitrogen and oxygen atoms in total. The van der Waals surface area contributed by atoms with E-state index in [9.17, 15) is 9.59 Å². The minimum absolute atomic E-state index is 0.0141. The molecule has 2 heterocycles. The second kappa shape index (κ2) is 7.96. The lowest BCUT2D eigenvalue weighted by atomic mass is 10.0. The molecule has 0 aliphatic carbocycles. The molecule has 0 radical (unpaired) electrons. The summed E-state index contributed by atoms with van der Waals surface area (Å²) in [6.07, 6.45) is 1.61. The van der Waals surface area contributed by atoms with Crippen LogP contribution in [0.25, 0.3) is 0 Å². The number of rotatable bonds is 5. The quantitative estimate of drug-likeness (QED) is 0.728. The highest BCUT2D eigenvalue weighted by atomic mass is 35.5. The van der Waals surface area contributed by atoms with Gasteiger partial charge < -0.3 is 15.0 Å². The minimum atomic E-state index is -0.610. The van der Waals surface area contributed by atoms with E-state index >= 15 is 0 Å². The van der Waals surface area contributed by atoms with Crippen molar-refractivity contribution in [2.24, 2.45) is 0 Å². The smallest absolute Gasteiger partial charge is 0.245 e. The molecular formula is C14H24ClN3O3. The Morgan fingerprint density at radius 2 is 2.10 bits per heavy atom. The van der Waals surface area contributed by atoms with E-state index in [0.29, 0.717) is 13.0 Å². The molecule has 0 saturated carbocycles. The highest BCUT2D eigenvalue weighted by molar-refractivity contribution is 6.30. The molecule has 2 fully saturated rings. The van der Waals surface area contributed by atoms with Gasteiger partial charge in [0, 0.05) is 32.7 Å². The summed E-state index contributed by atoms with van der Waals surface area (Å²) in [5.74, 6) is -0.259. The van der Waals surface area contributed by atoms with Gasteiger partial charge >= 0.3 is 0 Å². The number of hydrogen-bond acceptors (Lipinski definition) is 4. The van der Waals surface area contributed by atoms with E-state index in [1.54, 1.807) is 6.92 Å². The molecule has 7 heteroatoms. The number of piperidine rings is 1. The second-order valence-electron chi connectivity index (χ2n) is 5.60. The highest BCUT2D eigenvalue weighted by Crippen LogP contribution is 2.12. The number of amides is 2. The molecule has 21 heavy (non-hydrogen) atoms. The van der Waals surface area contributed by atoms with Crippen molar-refractivity contribution in [3.8, 4) is 0 Å². The molecule has 2 saturated heterocycles. The molecule has 1 N–H and O–H groups in total. The van der Waals surface area contributed by atoms with Crippen LogP contribution in [0.2, 0.25) is 0 Å². The van der Waals surface area contributed by atoms with Gasteiger partial charge in [0.2, 0.25) is 11.8 Å². The summed E-state index contributed by atoms with van der Waals surface area (Å²) in [5.41, 5.74) is 0. The maximum atomic E-state index is 12.4. The maximum absolute atomic E-state index is 12.4. The Morgan fingerprint density at radius 3 is 2.76 bits per heavy atom. The summed E-state index contributed by atoms with van der Waals surface area (Å²) in [6, 6.07) is -0.419. The zero-order chi connectivity index (χ0) is 15.2. The first kappa shape index (κ1) is 16.5. The first-order valence-electron chi connectivity index (χ1n) is 7.61. The number of hydrogen-bond donors (Lipinski definition) is 1. The summed E-state index contributed by atoms with van der Waals surface area (Å²) in [6.45, 7) is 7.33. The Morgan fingerprint density at radius 1 is 1.38 bits per heavy atom. The third kappa shape index (κ3) is 4.83. The Labute approximate surface area is 130 Å². The second-order valence-corrected chi connectivity index (χ2v) is 6.25. The molecule has 0 bridgehead atoms. The van der Waals surface area contributed by atoms with E-state index < -0.39 is 11.4 Å². The van der Waals surface area contributed by atoms with Crippen molar-refractivity contribution in [1.29, 1.82) is 0 Å². The fourth-order valence-electron chi connectivity index (χ4n) is 2.67. The summed E-state index contributed by atoms with van der Waals surface area (Å²) in [5, 5.41) is 2.13. The average molecular weight is 318 g/mol. The van der Waals surface area contributed by atoms with Gasteiger partial charge in [0.25, 0.3) is 0 Å². The van der Waals surface area contributed by atoms with Crippen LogP contribution in [-0.2, 0) is 14.3 Å². The third-order valence-corrected chi connectivity index (χ3v) is 4.20. The molecule has 0 aromatic heterocycles. The van der Waals surface area contributed by atoms with Gasteiger partial charge in [-0.05, 0) is 19.8 Å². The van der Waals surface area contributed by atoms with Gasteiger partial charge in [-0.1, -0.05) is 0 Å². The maximum Gasteiger partial charge on any atom is 0.245 e. The third-order valence-electron chi connectivity index (χ3n) is 4.00. The summed E-state index contributed by atoms with van der Waals surface area (Å²) >= 11 is 5.74. The molecule has 0 aromatic carbocycles. The Hall–Kier alpha value is -0.850. The molecule has 2 amide bonds. The molecule has 0 aromatic rings. The van der Waals surface area contributed by atoms with Crippen molar-refractivity contribution in [1.82, 2.24) is 15.1 Å². The van der Waals surface area contributed by atoms with E-state index in [1.165, 1.54) is 0 Å². The van der Waals surface area contributed by atoms with Crippen LogP contribution in [0.1, 0.15) is 19.8 Å². The van der Waals surface area contributed by atoms with Gasteiger partial charge in [-0.25, -0.2) is 0 Å². The molecular weight excluding hydrogens is 294 g/mol. The number of likely N-dealkylation sites (tertiary alicyclic amines) is 1. The molecule has 2 rings (SSSR count). The van der Waals surface area contributed by atoms with Crippen molar-refractivity contribution in [2.75, 3.05) is 45.9 Å². The van der Waals surface area contributed by atoms with Crippen LogP contribution >= 0.6 is 11.6 Å². The van der Waals surface area contributed by atoms with Gasteiger partial charge in [0.15, 0.2) is 0 Å². The average Bonchev–Trinajstić information content (AvgIpc) is 2.49. The van der Waals surface area contributed by atoms with Crippen molar-refractivity contribution >= 4 is 23.4 Å². The predicted octanol–water partition coefficient (Wildman–Crippen LogP) is 0.0531. The van der Waals surface area contributed by atoms with Crippen LogP contribution in [0.3, 0.4) is 0 Å². The van der Waals surface area contributed by atoms with E-state index in [0.717, 1.165) is 45.8 Å². The van der Waals surface area contributed by atoms with Crippen LogP contribution in [-0.4, -0.2) is 79.0 Å². The van der Waals surface area contributed by atoms with Gasteiger partial charge in [-0.3, -0.25) is 14.5 Å². The fourth-order valence-corrected chi connectivity index (χ4v) is 2.73. The number of halogens is 1. The van der Waals surface area contributed by atoms with Crippen molar-refractivity contribution < 1.29 is 14.3 Å². The van der Waals surface area contributed by atoms with Crippen LogP contribution in [0.5, 0.6) is 0 Å². The number of alkyl halides is 1. The Bertz CT molecular complexity index is 372. The van der Waals surface area contributed by atoms with Crippen LogP contribution in [0, 0.1) is 0 Å². The number of nitrogens with zero attached hydrogens (tertiary/aromatic N) is 2. The van der Waals surface area contributed by atoms with E-state index in [-0.39, 0.29) is 11.8 Å². The number of carbonyl (C=O) groups is 2. The molecule has 0 spiro atoms.